The van der Waals surface area contributed by atoms with Gasteiger partial charge in [-0.25, -0.2) is 0 Å². The second-order valence-corrected chi connectivity index (χ2v) is 15.1. The first-order valence-electron chi connectivity index (χ1n) is 14.6. The number of fused-ring (bicyclic) bond motifs is 7. The summed E-state index contributed by atoms with van der Waals surface area (Å²) >= 11 is 0. The quantitative estimate of drug-likeness (QED) is 0.420. The molecule has 0 aromatic heterocycles. The molecule has 4 unspecified atom stereocenters. The molecule has 8 heteroatoms. The largest absolute Gasteiger partial charge is 0.405 e. The molecule has 3 fully saturated rings. The second kappa shape index (κ2) is 8.79. The maximum Gasteiger partial charge on any atom is 0.405 e. The number of hydrogen-bond donors (Lipinski definition) is 1. The lowest BCUT2D eigenvalue weighted by Gasteiger charge is -2.64. The standard InChI is InChI=1S/C32H41F3N2O3/c1-27(2)11-12-31(26(40)37-17-32(33,34)35)10-7-19-24(20(31)15-27)21(38)13-23-29(19,5)9-8-22-28(3,4)25(39)18(16-36)14-30(22,23)6/h13-14,19-20,22,24H,7-12,15,17H2,1-6H3,(H,37,40)/t19?,20?,22?,24?,29-,30-,31+/m0/s1. The minimum Gasteiger partial charge on any atom is -0.346 e. The number of allylic oxidation sites excluding steroid dienone is 4. The highest BCUT2D eigenvalue weighted by molar-refractivity contribution is 6.04. The van der Waals surface area contributed by atoms with E-state index in [1.807, 2.05) is 13.8 Å². The number of amides is 1. The molecule has 0 bridgehead atoms. The van der Waals surface area contributed by atoms with Crippen LogP contribution in [0, 0.1) is 62.1 Å². The Kier molecular flexibility index (Phi) is 6.39. The number of Topliss-reactive ketones (excluding diaryl/α,β-unsaturated/α-hetero) is 1. The summed E-state index contributed by atoms with van der Waals surface area (Å²) in [5.41, 5.74) is -1.78. The summed E-state index contributed by atoms with van der Waals surface area (Å²) in [6.45, 7) is 10.9. The van der Waals surface area contributed by atoms with Crippen LogP contribution in [0.25, 0.3) is 0 Å². The molecule has 218 valence electrons. The van der Waals surface area contributed by atoms with Crippen molar-refractivity contribution in [3.05, 3.63) is 23.3 Å². The lowest BCUT2D eigenvalue weighted by molar-refractivity contribution is -0.166. The van der Waals surface area contributed by atoms with Crippen LogP contribution in [-0.4, -0.2) is 30.2 Å². The third kappa shape index (κ3) is 4.04. The van der Waals surface area contributed by atoms with Crippen molar-refractivity contribution in [2.45, 2.75) is 92.7 Å². The van der Waals surface area contributed by atoms with Gasteiger partial charge in [0.1, 0.15) is 12.6 Å². The Morgan fingerprint density at radius 2 is 1.70 bits per heavy atom. The van der Waals surface area contributed by atoms with E-state index in [-0.39, 0.29) is 45.7 Å². The average molecular weight is 559 g/mol. The molecule has 0 saturated heterocycles. The van der Waals surface area contributed by atoms with Gasteiger partial charge < -0.3 is 5.32 Å². The monoisotopic (exact) mass is 558 g/mol. The molecule has 5 rings (SSSR count). The highest BCUT2D eigenvalue weighted by Crippen LogP contribution is 2.70. The summed E-state index contributed by atoms with van der Waals surface area (Å²) in [6.07, 6.45) is 3.43. The summed E-state index contributed by atoms with van der Waals surface area (Å²) in [5, 5.41) is 12.0. The molecule has 5 nitrogen and oxygen atoms in total. The zero-order valence-electron chi connectivity index (χ0n) is 24.4. The molecule has 5 aliphatic carbocycles. The number of hydrogen-bond acceptors (Lipinski definition) is 4. The number of carbonyl (C=O) groups excluding carboxylic acids is 3. The number of nitrogens with one attached hydrogen (secondary N) is 1. The van der Waals surface area contributed by atoms with Crippen LogP contribution in [-0.2, 0) is 14.4 Å². The number of nitrogens with zero attached hydrogens (tertiary/aromatic N) is 1. The fourth-order valence-corrected chi connectivity index (χ4v) is 10.0. The molecule has 0 heterocycles. The molecular weight excluding hydrogens is 517 g/mol. The maximum atomic E-state index is 14.2. The van der Waals surface area contributed by atoms with Gasteiger partial charge >= 0.3 is 6.18 Å². The van der Waals surface area contributed by atoms with Crippen molar-refractivity contribution >= 4 is 17.5 Å². The molecule has 0 radical (unpaired) electrons. The number of ketones is 2. The van der Waals surface area contributed by atoms with Gasteiger partial charge in [-0.1, -0.05) is 53.2 Å². The Balaban J connectivity index is 1.60. The fraction of sp³-hybridized carbons (Fsp3) is 0.750. The normalized spacial score (nSPS) is 41.7. The van der Waals surface area contributed by atoms with E-state index in [4.69, 9.17) is 0 Å². The molecular formula is C32H41F3N2O3. The van der Waals surface area contributed by atoms with Crippen LogP contribution in [0.4, 0.5) is 13.2 Å². The first kappa shape index (κ1) is 29.1. The van der Waals surface area contributed by atoms with Crippen molar-refractivity contribution in [1.82, 2.24) is 5.32 Å². The summed E-state index contributed by atoms with van der Waals surface area (Å²) in [7, 11) is 0. The Bertz CT molecular complexity index is 1270. The number of halogens is 3. The molecule has 0 aromatic carbocycles. The van der Waals surface area contributed by atoms with Gasteiger partial charge in [-0.15, -0.1) is 0 Å². The highest BCUT2D eigenvalue weighted by atomic mass is 19.4. The van der Waals surface area contributed by atoms with E-state index in [2.05, 4.69) is 39.1 Å². The van der Waals surface area contributed by atoms with Gasteiger partial charge in [0.25, 0.3) is 0 Å². The van der Waals surface area contributed by atoms with Crippen molar-refractivity contribution in [3.63, 3.8) is 0 Å². The first-order chi connectivity index (χ1) is 18.3. The average Bonchev–Trinajstić information content (AvgIpc) is 2.85. The maximum absolute atomic E-state index is 14.2. The van der Waals surface area contributed by atoms with Crippen LogP contribution in [0.1, 0.15) is 86.5 Å². The van der Waals surface area contributed by atoms with Gasteiger partial charge in [0, 0.05) is 16.7 Å². The Morgan fingerprint density at radius 1 is 1.02 bits per heavy atom. The third-order valence-corrected chi connectivity index (χ3v) is 12.0. The molecule has 0 spiro atoms. The lowest BCUT2D eigenvalue weighted by Crippen LogP contribution is -2.63. The van der Waals surface area contributed by atoms with Crippen LogP contribution in [0.2, 0.25) is 0 Å². The molecule has 0 aliphatic heterocycles. The third-order valence-electron chi connectivity index (χ3n) is 12.0. The van der Waals surface area contributed by atoms with Crippen molar-refractivity contribution in [2.24, 2.45) is 50.7 Å². The van der Waals surface area contributed by atoms with Gasteiger partial charge in [-0.2, -0.15) is 18.4 Å². The molecule has 1 N–H and O–H groups in total. The zero-order valence-corrected chi connectivity index (χ0v) is 24.4. The predicted molar refractivity (Wildman–Crippen MR) is 143 cm³/mol. The van der Waals surface area contributed by atoms with Crippen molar-refractivity contribution in [1.29, 1.82) is 5.26 Å². The summed E-state index contributed by atoms with van der Waals surface area (Å²) < 4.78 is 39.2. The topological polar surface area (TPSA) is 87.0 Å². The van der Waals surface area contributed by atoms with Crippen LogP contribution < -0.4 is 5.32 Å². The van der Waals surface area contributed by atoms with Gasteiger partial charge in [0.05, 0.1) is 11.0 Å². The first-order valence-corrected chi connectivity index (χ1v) is 14.6. The van der Waals surface area contributed by atoms with Crippen LogP contribution in [0.15, 0.2) is 23.3 Å². The summed E-state index contributed by atoms with van der Waals surface area (Å²) in [5.74, 6) is -1.68. The molecule has 1 amide bonds. The van der Waals surface area contributed by atoms with Gasteiger partial charge in [-0.05, 0) is 79.6 Å². The minimum absolute atomic E-state index is 0.0557. The van der Waals surface area contributed by atoms with Gasteiger partial charge in [0.2, 0.25) is 5.91 Å². The van der Waals surface area contributed by atoms with Crippen LogP contribution in [0.5, 0.6) is 0 Å². The van der Waals surface area contributed by atoms with Gasteiger partial charge in [-0.3, -0.25) is 14.4 Å². The van der Waals surface area contributed by atoms with E-state index in [0.29, 0.717) is 25.7 Å². The van der Waals surface area contributed by atoms with Crippen LogP contribution >= 0.6 is 0 Å². The Hall–Kier alpha value is -2.43. The van der Waals surface area contributed by atoms with Crippen molar-refractivity contribution in [2.75, 3.05) is 6.54 Å². The van der Waals surface area contributed by atoms with E-state index < -0.39 is 40.8 Å². The molecule has 3 saturated carbocycles. The minimum atomic E-state index is -4.50. The van der Waals surface area contributed by atoms with E-state index >= 15 is 0 Å². The smallest absolute Gasteiger partial charge is 0.346 e. The SMILES string of the molecule is CC1(C)CC[C@]2(C(=O)NCC(F)(F)F)CCC3C(C(=O)C=C4[C@@]5(C)C=C(C#N)C(=O)C(C)(C)C5CC[C@]43C)C2C1. The predicted octanol–water partition coefficient (Wildman–Crippen LogP) is 6.49. The van der Waals surface area contributed by atoms with Crippen molar-refractivity contribution in [3.8, 4) is 6.07 Å². The molecule has 40 heavy (non-hydrogen) atoms. The van der Waals surface area contributed by atoms with E-state index in [9.17, 15) is 32.8 Å². The second-order valence-electron chi connectivity index (χ2n) is 15.1. The molecule has 5 aliphatic rings. The summed E-state index contributed by atoms with van der Waals surface area (Å²) in [4.78, 5) is 40.9. The Labute approximate surface area is 235 Å². The Morgan fingerprint density at radius 3 is 2.33 bits per heavy atom. The zero-order chi connectivity index (χ0) is 29.7. The van der Waals surface area contributed by atoms with E-state index in [1.54, 1.807) is 12.2 Å². The molecule has 7 atom stereocenters. The summed E-state index contributed by atoms with van der Waals surface area (Å²) in [6, 6.07) is 2.10. The highest BCUT2D eigenvalue weighted by Gasteiger charge is 2.67. The fourth-order valence-electron chi connectivity index (χ4n) is 10.0. The lowest BCUT2D eigenvalue weighted by atomic mass is 9.38. The van der Waals surface area contributed by atoms with Crippen LogP contribution in [0.3, 0.4) is 0 Å². The number of rotatable bonds is 2. The molecule has 0 aromatic rings. The van der Waals surface area contributed by atoms with Gasteiger partial charge in [0.15, 0.2) is 11.6 Å². The number of alkyl halides is 3. The van der Waals surface area contributed by atoms with E-state index in [0.717, 1.165) is 24.8 Å². The number of nitriles is 1. The van der Waals surface area contributed by atoms with Crippen molar-refractivity contribution < 1.29 is 27.6 Å². The van der Waals surface area contributed by atoms with E-state index in [1.165, 1.54) is 0 Å². The number of carbonyl (C=O) groups is 3.